The topological polar surface area (TPSA) is 88.3 Å². The van der Waals surface area contributed by atoms with E-state index in [4.69, 9.17) is 5.73 Å². The quantitative estimate of drug-likeness (QED) is 0.874. The van der Waals surface area contributed by atoms with E-state index in [1.807, 2.05) is 18.4 Å². The molecule has 2 heterocycles. The lowest BCUT2D eigenvalue weighted by molar-refractivity contribution is 0.521. The summed E-state index contributed by atoms with van der Waals surface area (Å²) < 4.78 is 29.6. The molecule has 0 aromatic carbocycles. The number of nitrogens with two attached hydrogens (primary N) is 1. The lowest BCUT2D eigenvalue weighted by Crippen LogP contribution is -2.23. The number of nitrogen functional groups attached to an aromatic ring is 1. The summed E-state index contributed by atoms with van der Waals surface area (Å²) >= 11 is 2.69. The molecule has 0 unspecified atom stereocenters. The zero-order chi connectivity index (χ0) is 14.9. The lowest BCUT2D eigenvalue weighted by atomic mass is 10.3. The molecule has 0 aliphatic heterocycles. The standard InChI is InChI=1S/C11H16N4O2S3/c1-7-4-5-18-8(7)6-13-11-9(10(12)14-19-11)20(16,17)15(2)3/h4-5,13H,6H2,1-3H3,(H2,12,14). The number of sulfonamides is 1. The molecule has 0 fully saturated rings. The molecule has 3 N–H and O–H groups in total. The minimum atomic E-state index is -3.60. The first-order valence-corrected chi connectivity index (χ1v) is 8.88. The summed E-state index contributed by atoms with van der Waals surface area (Å²) in [7, 11) is -0.655. The molecule has 0 spiro atoms. The van der Waals surface area contributed by atoms with Gasteiger partial charge >= 0.3 is 0 Å². The van der Waals surface area contributed by atoms with Crippen LogP contribution in [0.4, 0.5) is 10.8 Å². The Hall–Kier alpha value is -1.16. The van der Waals surface area contributed by atoms with Crippen molar-refractivity contribution in [3.63, 3.8) is 0 Å². The molecule has 0 aliphatic carbocycles. The van der Waals surface area contributed by atoms with Crippen LogP contribution >= 0.6 is 22.9 Å². The van der Waals surface area contributed by atoms with Crippen LogP contribution in [0.1, 0.15) is 10.4 Å². The third-order valence-corrected chi connectivity index (χ3v) is 6.65. The zero-order valence-electron chi connectivity index (χ0n) is 11.4. The van der Waals surface area contributed by atoms with Crippen LogP contribution in [0.3, 0.4) is 0 Å². The van der Waals surface area contributed by atoms with Crippen molar-refractivity contribution < 1.29 is 8.42 Å². The Bertz CT molecular complexity index is 703. The Kier molecular flexibility index (Phi) is 4.33. The Labute approximate surface area is 126 Å². The van der Waals surface area contributed by atoms with Gasteiger partial charge in [0.1, 0.15) is 5.00 Å². The maximum absolute atomic E-state index is 12.2. The molecule has 0 amide bonds. The Morgan fingerprint density at radius 1 is 1.45 bits per heavy atom. The van der Waals surface area contributed by atoms with Crippen molar-refractivity contribution >= 4 is 43.7 Å². The van der Waals surface area contributed by atoms with Crippen LogP contribution in [0.15, 0.2) is 16.3 Å². The zero-order valence-corrected chi connectivity index (χ0v) is 13.8. The minimum Gasteiger partial charge on any atom is -0.382 e. The average molecular weight is 332 g/mol. The fraction of sp³-hybridized carbons (Fsp3) is 0.364. The highest BCUT2D eigenvalue weighted by atomic mass is 32.2. The summed E-state index contributed by atoms with van der Waals surface area (Å²) in [5.41, 5.74) is 6.88. The number of aromatic nitrogens is 1. The van der Waals surface area contributed by atoms with Gasteiger partial charge in [-0.15, -0.1) is 11.3 Å². The predicted molar refractivity (Wildman–Crippen MR) is 83.8 cm³/mol. The maximum Gasteiger partial charge on any atom is 0.249 e. The van der Waals surface area contributed by atoms with E-state index in [2.05, 4.69) is 9.69 Å². The van der Waals surface area contributed by atoms with Gasteiger partial charge in [0.25, 0.3) is 0 Å². The van der Waals surface area contributed by atoms with Crippen molar-refractivity contribution in [3.8, 4) is 0 Å². The summed E-state index contributed by atoms with van der Waals surface area (Å²) in [5.74, 6) is 0.0362. The van der Waals surface area contributed by atoms with Gasteiger partial charge in [0, 0.05) is 19.0 Å². The van der Waals surface area contributed by atoms with E-state index in [-0.39, 0.29) is 10.7 Å². The number of thiophene rings is 1. The predicted octanol–water partition coefficient (Wildman–Crippen LogP) is 1.96. The van der Waals surface area contributed by atoms with Crippen LogP contribution in [-0.4, -0.2) is 31.2 Å². The molecule has 20 heavy (non-hydrogen) atoms. The third kappa shape index (κ3) is 2.80. The first-order valence-electron chi connectivity index (χ1n) is 5.78. The highest BCUT2D eigenvalue weighted by Crippen LogP contribution is 2.33. The van der Waals surface area contributed by atoms with Crippen molar-refractivity contribution in [1.29, 1.82) is 0 Å². The number of anilines is 2. The van der Waals surface area contributed by atoms with Gasteiger partial charge in [0.05, 0.1) is 6.54 Å². The highest BCUT2D eigenvalue weighted by molar-refractivity contribution is 7.89. The summed E-state index contributed by atoms with van der Waals surface area (Å²) in [6, 6.07) is 2.03. The lowest BCUT2D eigenvalue weighted by Gasteiger charge is -2.12. The summed E-state index contributed by atoms with van der Waals surface area (Å²) in [6.07, 6.45) is 0. The van der Waals surface area contributed by atoms with Crippen molar-refractivity contribution in [2.45, 2.75) is 18.4 Å². The first-order chi connectivity index (χ1) is 9.34. The van der Waals surface area contributed by atoms with Crippen molar-refractivity contribution in [2.75, 3.05) is 25.1 Å². The van der Waals surface area contributed by atoms with Gasteiger partial charge in [-0.3, -0.25) is 0 Å². The average Bonchev–Trinajstić information content (AvgIpc) is 2.93. The minimum absolute atomic E-state index is 0.0362. The van der Waals surface area contributed by atoms with Gasteiger partial charge in [-0.2, -0.15) is 4.37 Å². The molecule has 0 atom stereocenters. The van der Waals surface area contributed by atoms with Gasteiger partial charge in [-0.05, 0) is 35.5 Å². The van der Waals surface area contributed by atoms with Crippen LogP contribution in [0, 0.1) is 6.92 Å². The van der Waals surface area contributed by atoms with E-state index in [0.29, 0.717) is 11.5 Å². The van der Waals surface area contributed by atoms with Gasteiger partial charge in [0.15, 0.2) is 10.7 Å². The number of hydrogen-bond acceptors (Lipinski definition) is 7. The van der Waals surface area contributed by atoms with Gasteiger partial charge < -0.3 is 11.1 Å². The maximum atomic E-state index is 12.2. The molecule has 0 radical (unpaired) electrons. The molecule has 6 nitrogen and oxygen atoms in total. The number of hydrogen-bond donors (Lipinski definition) is 2. The van der Waals surface area contributed by atoms with Crippen molar-refractivity contribution in [1.82, 2.24) is 8.68 Å². The molecule has 2 rings (SSSR count). The van der Waals surface area contributed by atoms with Crippen LogP contribution in [0.5, 0.6) is 0 Å². The monoisotopic (exact) mass is 332 g/mol. The molecule has 2 aromatic rings. The molecule has 9 heteroatoms. The molecular formula is C11H16N4O2S3. The van der Waals surface area contributed by atoms with E-state index >= 15 is 0 Å². The van der Waals surface area contributed by atoms with E-state index in [1.54, 1.807) is 11.3 Å². The Morgan fingerprint density at radius 2 is 2.15 bits per heavy atom. The van der Waals surface area contributed by atoms with Crippen LogP contribution in [0.25, 0.3) is 0 Å². The van der Waals surface area contributed by atoms with E-state index in [1.165, 1.54) is 19.7 Å². The number of aryl methyl sites for hydroxylation is 1. The molecule has 0 aliphatic rings. The summed E-state index contributed by atoms with van der Waals surface area (Å²) in [5, 5.41) is 5.60. The van der Waals surface area contributed by atoms with Crippen LogP contribution < -0.4 is 11.1 Å². The highest BCUT2D eigenvalue weighted by Gasteiger charge is 2.27. The SMILES string of the molecule is Cc1ccsc1CNc1snc(N)c1S(=O)(=O)N(C)C. The second kappa shape index (κ2) is 5.68. The summed E-state index contributed by atoms with van der Waals surface area (Å²) in [4.78, 5) is 1.21. The van der Waals surface area contributed by atoms with Gasteiger partial charge in [-0.25, -0.2) is 12.7 Å². The number of nitrogens with one attached hydrogen (secondary N) is 1. The second-order valence-corrected chi connectivity index (χ2v) is 8.26. The number of rotatable bonds is 5. The molecule has 0 bridgehead atoms. The largest absolute Gasteiger partial charge is 0.382 e. The summed E-state index contributed by atoms with van der Waals surface area (Å²) in [6.45, 7) is 2.58. The first kappa shape index (κ1) is 15.2. The van der Waals surface area contributed by atoms with E-state index < -0.39 is 10.0 Å². The van der Waals surface area contributed by atoms with Gasteiger partial charge in [-0.1, -0.05) is 0 Å². The van der Waals surface area contributed by atoms with Crippen molar-refractivity contribution in [2.24, 2.45) is 0 Å². The third-order valence-electron chi connectivity index (χ3n) is 2.79. The molecule has 110 valence electrons. The molecule has 0 saturated heterocycles. The van der Waals surface area contributed by atoms with E-state index in [9.17, 15) is 8.42 Å². The van der Waals surface area contributed by atoms with Crippen molar-refractivity contribution in [3.05, 3.63) is 21.9 Å². The van der Waals surface area contributed by atoms with E-state index in [0.717, 1.165) is 20.7 Å². The van der Waals surface area contributed by atoms with Gasteiger partial charge in [0.2, 0.25) is 10.0 Å². The second-order valence-electron chi connectivity index (χ2n) is 4.39. The Morgan fingerprint density at radius 3 is 2.70 bits per heavy atom. The fourth-order valence-electron chi connectivity index (χ4n) is 1.58. The molecular weight excluding hydrogens is 316 g/mol. The Balaban J connectivity index is 2.29. The molecule has 2 aromatic heterocycles. The number of nitrogens with zero attached hydrogens (tertiary/aromatic N) is 2. The molecule has 0 saturated carbocycles. The fourth-order valence-corrected chi connectivity index (χ4v) is 4.50. The van der Waals surface area contributed by atoms with Crippen LogP contribution in [-0.2, 0) is 16.6 Å². The smallest absolute Gasteiger partial charge is 0.249 e. The normalized spacial score (nSPS) is 12.0. The van der Waals surface area contributed by atoms with Crippen LogP contribution in [0.2, 0.25) is 0 Å².